The molecule has 3 rings (SSSR count). The number of carbonyl (C=O) groups excluding carboxylic acids is 1. The van der Waals surface area contributed by atoms with Crippen molar-refractivity contribution in [3.8, 4) is 0 Å². The molecule has 0 radical (unpaired) electrons. The average Bonchev–Trinajstić information content (AvgIpc) is 2.62. The van der Waals surface area contributed by atoms with Crippen molar-refractivity contribution in [3.63, 3.8) is 0 Å². The van der Waals surface area contributed by atoms with E-state index in [4.69, 9.17) is 4.74 Å². The lowest BCUT2D eigenvalue weighted by atomic mass is 9.74. The van der Waals surface area contributed by atoms with Crippen LogP contribution in [0.2, 0.25) is 0 Å². The summed E-state index contributed by atoms with van der Waals surface area (Å²) in [5.74, 6) is 1.37. The van der Waals surface area contributed by atoms with Crippen molar-refractivity contribution in [1.29, 1.82) is 0 Å². The van der Waals surface area contributed by atoms with Gasteiger partial charge >= 0.3 is 5.97 Å². The van der Waals surface area contributed by atoms with Crippen molar-refractivity contribution >= 4 is 5.97 Å². The van der Waals surface area contributed by atoms with Crippen LogP contribution in [0.5, 0.6) is 0 Å². The molecule has 3 heteroatoms. The van der Waals surface area contributed by atoms with E-state index in [0.717, 1.165) is 13.0 Å². The van der Waals surface area contributed by atoms with Gasteiger partial charge in [0.05, 0.1) is 12.5 Å². The van der Waals surface area contributed by atoms with Gasteiger partial charge in [-0.25, -0.2) is 0 Å². The number of ether oxygens (including phenoxy) is 1. The lowest BCUT2D eigenvalue weighted by molar-refractivity contribution is -0.153. The first kappa shape index (κ1) is 9.97. The van der Waals surface area contributed by atoms with Crippen LogP contribution in [0.3, 0.4) is 0 Å². The van der Waals surface area contributed by atoms with Crippen molar-refractivity contribution in [1.82, 2.24) is 5.32 Å². The number of fused-ring (bicyclic) bond motifs is 1. The monoisotopic (exact) mass is 197 g/mol. The first-order valence-corrected chi connectivity index (χ1v) is 5.58. The summed E-state index contributed by atoms with van der Waals surface area (Å²) in [5, 5.41) is 3.32. The molecule has 0 aromatic rings. The van der Waals surface area contributed by atoms with Gasteiger partial charge in [-0.15, -0.1) is 0 Å². The van der Waals surface area contributed by atoms with Crippen LogP contribution in [0.25, 0.3) is 0 Å². The largest absolute Gasteiger partial charge is 0.465 e. The van der Waals surface area contributed by atoms with E-state index in [9.17, 15) is 4.79 Å². The molecule has 3 unspecified atom stereocenters. The van der Waals surface area contributed by atoms with E-state index in [0.29, 0.717) is 24.5 Å². The van der Waals surface area contributed by atoms with Crippen LogP contribution in [-0.4, -0.2) is 25.2 Å². The van der Waals surface area contributed by atoms with E-state index in [-0.39, 0.29) is 11.9 Å². The topological polar surface area (TPSA) is 38.3 Å². The normalized spacial score (nSPS) is 34.4. The molecule has 2 heterocycles. The summed E-state index contributed by atoms with van der Waals surface area (Å²) in [6, 6.07) is 0.423. The Bertz CT molecular complexity index is 213. The second-order valence-corrected chi connectivity index (χ2v) is 4.89. The predicted molar refractivity (Wildman–Crippen MR) is 53.8 cm³/mol. The summed E-state index contributed by atoms with van der Waals surface area (Å²) in [4.78, 5) is 11.6. The molecule has 0 spiro atoms. The maximum Gasteiger partial charge on any atom is 0.310 e. The second kappa shape index (κ2) is 3.89. The fraction of sp³-hybridized carbons (Fsp3) is 0.909. The van der Waals surface area contributed by atoms with E-state index in [1.165, 1.54) is 6.42 Å². The molecule has 2 aliphatic heterocycles. The van der Waals surface area contributed by atoms with Gasteiger partial charge in [0.1, 0.15) is 0 Å². The van der Waals surface area contributed by atoms with Crippen molar-refractivity contribution < 1.29 is 9.53 Å². The Labute approximate surface area is 85.2 Å². The number of esters is 1. The Kier molecular flexibility index (Phi) is 2.77. The summed E-state index contributed by atoms with van der Waals surface area (Å²) in [7, 11) is 0. The van der Waals surface area contributed by atoms with E-state index >= 15 is 0 Å². The molecule has 80 valence electrons. The molecule has 14 heavy (non-hydrogen) atoms. The van der Waals surface area contributed by atoms with Crippen LogP contribution in [0.1, 0.15) is 26.7 Å². The van der Waals surface area contributed by atoms with Gasteiger partial charge in [0.25, 0.3) is 0 Å². The zero-order valence-electron chi connectivity index (χ0n) is 8.95. The van der Waals surface area contributed by atoms with Crippen LogP contribution in [0, 0.1) is 17.8 Å². The molecule has 0 aromatic carbocycles. The Hall–Kier alpha value is -0.570. The zero-order valence-corrected chi connectivity index (χ0v) is 8.95. The van der Waals surface area contributed by atoms with E-state index < -0.39 is 0 Å². The highest BCUT2D eigenvalue weighted by atomic mass is 16.5. The van der Waals surface area contributed by atoms with Crippen molar-refractivity contribution in [2.24, 2.45) is 17.8 Å². The lowest BCUT2D eigenvalue weighted by Gasteiger charge is -2.32. The van der Waals surface area contributed by atoms with Gasteiger partial charge in [-0.1, -0.05) is 13.8 Å². The number of carbonyl (C=O) groups is 1. The molecule has 0 amide bonds. The molecule has 3 nitrogen and oxygen atoms in total. The van der Waals surface area contributed by atoms with Crippen LogP contribution >= 0.6 is 0 Å². The fourth-order valence-corrected chi connectivity index (χ4v) is 2.32. The summed E-state index contributed by atoms with van der Waals surface area (Å²) < 4.78 is 5.26. The molecular formula is C11H19NO2. The maximum atomic E-state index is 11.6. The summed E-state index contributed by atoms with van der Waals surface area (Å²) in [5.41, 5.74) is 0. The molecule has 1 N–H and O–H groups in total. The van der Waals surface area contributed by atoms with Gasteiger partial charge in [-0.2, -0.15) is 0 Å². The molecule has 2 bridgehead atoms. The minimum atomic E-state index is 0.0249. The van der Waals surface area contributed by atoms with Gasteiger partial charge in [-0.05, 0) is 31.2 Å². The van der Waals surface area contributed by atoms with Crippen molar-refractivity contribution in [3.05, 3.63) is 0 Å². The zero-order chi connectivity index (χ0) is 10.1. The van der Waals surface area contributed by atoms with Crippen molar-refractivity contribution in [2.45, 2.75) is 32.7 Å². The number of hydrogen-bond donors (Lipinski definition) is 1. The first-order chi connectivity index (χ1) is 6.68. The highest BCUT2D eigenvalue weighted by Crippen LogP contribution is 2.40. The smallest absolute Gasteiger partial charge is 0.310 e. The summed E-state index contributed by atoms with van der Waals surface area (Å²) in [6.45, 7) is 5.88. The quantitative estimate of drug-likeness (QED) is 0.688. The summed E-state index contributed by atoms with van der Waals surface area (Å²) in [6.07, 6.45) is 2.14. The molecule has 1 aliphatic carbocycles. The molecule has 3 aliphatic rings. The number of hydrogen-bond acceptors (Lipinski definition) is 3. The molecule has 3 fully saturated rings. The van der Waals surface area contributed by atoms with Crippen LogP contribution in [0.4, 0.5) is 0 Å². The van der Waals surface area contributed by atoms with Gasteiger partial charge in [0.2, 0.25) is 0 Å². The minimum Gasteiger partial charge on any atom is -0.465 e. The summed E-state index contributed by atoms with van der Waals surface area (Å²) >= 11 is 0. The van der Waals surface area contributed by atoms with Gasteiger partial charge in [0, 0.05) is 6.04 Å². The SMILES string of the molecule is CC(C)CCOC(=O)C1C2CNC1C2. The standard InChI is InChI=1S/C11H19NO2/c1-7(2)3-4-14-11(13)10-8-5-9(10)12-6-8/h7-10,12H,3-6H2,1-2H3. The number of nitrogens with one attached hydrogen (secondary N) is 1. The Morgan fingerprint density at radius 1 is 1.57 bits per heavy atom. The number of rotatable bonds is 4. The van der Waals surface area contributed by atoms with Gasteiger partial charge in [-0.3, -0.25) is 4.79 Å². The van der Waals surface area contributed by atoms with Gasteiger partial charge < -0.3 is 10.1 Å². The molecule has 0 aromatic heterocycles. The first-order valence-electron chi connectivity index (χ1n) is 5.58. The highest BCUT2D eigenvalue weighted by molar-refractivity contribution is 5.75. The third kappa shape index (κ3) is 1.78. The second-order valence-electron chi connectivity index (χ2n) is 4.89. The predicted octanol–water partition coefficient (Wildman–Crippen LogP) is 1.18. The third-order valence-electron chi connectivity index (χ3n) is 3.35. The van der Waals surface area contributed by atoms with E-state index in [1.54, 1.807) is 0 Å². The lowest BCUT2D eigenvalue weighted by Crippen LogP contribution is -2.43. The van der Waals surface area contributed by atoms with E-state index in [2.05, 4.69) is 19.2 Å². The fourth-order valence-electron chi connectivity index (χ4n) is 2.32. The average molecular weight is 197 g/mol. The molecular weight excluding hydrogens is 178 g/mol. The van der Waals surface area contributed by atoms with E-state index in [1.807, 2.05) is 0 Å². The highest BCUT2D eigenvalue weighted by Gasteiger charge is 2.51. The van der Waals surface area contributed by atoms with Crippen LogP contribution < -0.4 is 5.32 Å². The Morgan fingerprint density at radius 2 is 2.36 bits per heavy atom. The Balaban J connectivity index is 1.69. The maximum absolute atomic E-state index is 11.6. The van der Waals surface area contributed by atoms with Crippen LogP contribution in [0.15, 0.2) is 0 Å². The van der Waals surface area contributed by atoms with Gasteiger partial charge in [0.15, 0.2) is 0 Å². The minimum absolute atomic E-state index is 0.0249. The van der Waals surface area contributed by atoms with Crippen LogP contribution in [-0.2, 0) is 9.53 Å². The molecule has 1 saturated carbocycles. The third-order valence-corrected chi connectivity index (χ3v) is 3.35. The molecule has 2 saturated heterocycles. The van der Waals surface area contributed by atoms with Crippen molar-refractivity contribution in [2.75, 3.05) is 13.2 Å². The Morgan fingerprint density at radius 3 is 2.86 bits per heavy atom. The molecule has 3 atom stereocenters.